The van der Waals surface area contributed by atoms with Crippen LogP contribution in [0.2, 0.25) is 0 Å². The molecule has 2 aromatic carbocycles. The first-order valence-electron chi connectivity index (χ1n) is 10.1. The van der Waals surface area contributed by atoms with E-state index in [1.807, 2.05) is 48.5 Å². The van der Waals surface area contributed by atoms with Crippen molar-refractivity contribution in [3.63, 3.8) is 0 Å². The van der Waals surface area contributed by atoms with Crippen molar-refractivity contribution in [2.24, 2.45) is 0 Å². The lowest BCUT2D eigenvalue weighted by Crippen LogP contribution is -2.36. The van der Waals surface area contributed by atoms with Gasteiger partial charge in [0.15, 0.2) is 0 Å². The SMILES string of the molecule is CC(C)(C)OC(=O)NCC(c1ccc(COS)cc1)S(=O)Nc1ccc2cnccc2c1. The van der Waals surface area contributed by atoms with Crippen LogP contribution in [-0.4, -0.2) is 27.4 Å². The molecule has 1 aromatic heterocycles. The molecule has 2 atom stereocenters. The number of benzene rings is 2. The Hall–Kier alpha value is -2.62. The number of thiol groups is 1. The van der Waals surface area contributed by atoms with Gasteiger partial charge in [0.1, 0.15) is 16.6 Å². The van der Waals surface area contributed by atoms with Gasteiger partial charge < -0.3 is 19.0 Å². The summed E-state index contributed by atoms with van der Waals surface area (Å²) in [5.41, 5.74) is 1.83. The largest absolute Gasteiger partial charge is 0.444 e. The van der Waals surface area contributed by atoms with Crippen molar-refractivity contribution in [2.45, 2.75) is 38.2 Å². The number of carbonyl (C=O) groups excluding carboxylic acids is 1. The maximum atomic E-state index is 13.3. The Bertz CT molecular complexity index is 1080. The van der Waals surface area contributed by atoms with Crippen LogP contribution in [0.3, 0.4) is 0 Å². The van der Waals surface area contributed by atoms with Crippen molar-refractivity contribution in [1.82, 2.24) is 10.3 Å². The molecule has 0 aliphatic carbocycles. The number of amides is 1. The molecule has 3 aromatic rings. The average Bonchev–Trinajstić information content (AvgIpc) is 2.74. The monoisotopic (exact) mass is 473 g/mol. The van der Waals surface area contributed by atoms with E-state index >= 15 is 0 Å². The van der Waals surface area contributed by atoms with E-state index in [0.717, 1.165) is 21.9 Å². The molecule has 2 N–H and O–H groups in total. The number of carbonyl (C=O) groups is 1. The third-order valence-corrected chi connectivity index (χ3v) is 6.05. The average molecular weight is 474 g/mol. The maximum Gasteiger partial charge on any atom is 0.407 e. The van der Waals surface area contributed by atoms with Gasteiger partial charge >= 0.3 is 6.09 Å². The summed E-state index contributed by atoms with van der Waals surface area (Å²) < 4.78 is 26.6. The number of alkyl carbamates (subject to hydrolysis) is 1. The summed E-state index contributed by atoms with van der Waals surface area (Å²) >= 11 is 3.78. The highest BCUT2D eigenvalue weighted by atomic mass is 32.2. The number of nitrogens with zero attached hydrogens (tertiary/aromatic N) is 1. The van der Waals surface area contributed by atoms with Gasteiger partial charge in [0.05, 0.1) is 11.9 Å². The topological polar surface area (TPSA) is 89.5 Å². The van der Waals surface area contributed by atoms with Crippen molar-refractivity contribution in [2.75, 3.05) is 11.3 Å². The van der Waals surface area contributed by atoms with E-state index in [1.54, 1.807) is 33.2 Å². The molecule has 3 rings (SSSR count). The van der Waals surface area contributed by atoms with Crippen LogP contribution in [0.15, 0.2) is 60.9 Å². The number of ether oxygens (including phenoxy) is 1. The van der Waals surface area contributed by atoms with Crippen LogP contribution in [0.5, 0.6) is 0 Å². The fourth-order valence-electron chi connectivity index (χ4n) is 3.04. The fraction of sp³-hybridized carbons (Fsp3) is 0.304. The van der Waals surface area contributed by atoms with Crippen molar-refractivity contribution in [3.05, 3.63) is 72.1 Å². The van der Waals surface area contributed by atoms with E-state index in [-0.39, 0.29) is 6.54 Å². The number of hydrogen-bond acceptors (Lipinski definition) is 6. The van der Waals surface area contributed by atoms with Crippen LogP contribution < -0.4 is 10.0 Å². The van der Waals surface area contributed by atoms with E-state index in [0.29, 0.717) is 12.3 Å². The first-order valence-corrected chi connectivity index (χ1v) is 11.7. The predicted octanol–water partition coefficient (Wildman–Crippen LogP) is 4.94. The molecule has 1 heterocycles. The summed E-state index contributed by atoms with van der Waals surface area (Å²) in [7, 11) is -1.53. The molecule has 0 spiro atoms. The number of rotatable bonds is 8. The Morgan fingerprint density at radius 3 is 2.56 bits per heavy atom. The van der Waals surface area contributed by atoms with Crippen LogP contribution >= 0.6 is 12.9 Å². The van der Waals surface area contributed by atoms with Gasteiger partial charge in [-0.1, -0.05) is 30.3 Å². The summed E-state index contributed by atoms with van der Waals surface area (Å²) in [6.07, 6.45) is 2.93. The van der Waals surface area contributed by atoms with Crippen LogP contribution in [0.1, 0.15) is 37.1 Å². The van der Waals surface area contributed by atoms with Crippen LogP contribution in [0.25, 0.3) is 10.8 Å². The summed E-state index contributed by atoms with van der Waals surface area (Å²) in [5.74, 6) is 0. The predicted molar refractivity (Wildman–Crippen MR) is 131 cm³/mol. The molecular formula is C23H27N3O4S2. The summed E-state index contributed by atoms with van der Waals surface area (Å²) in [5, 5.41) is 4.20. The Labute approximate surface area is 196 Å². The molecule has 1 amide bonds. The summed E-state index contributed by atoms with van der Waals surface area (Å²) in [4.78, 5) is 16.3. The van der Waals surface area contributed by atoms with Crippen molar-refractivity contribution >= 4 is 46.4 Å². The molecule has 0 saturated carbocycles. The smallest absolute Gasteiger partial charge is 0.407 e. The standard InChI is InChI=1S/C23H27N3O4S2/c1-23(2,3)30-22(27)25-14-21(17-6-4-16(5-7-17)15-29-31)32(28)26-20-9-8-19-13-24-11-10-18(19)12-20/h4-13,21,26,31H,14-15H2,1-3H3,(H,25,27). The van der Waals surface area contributed by atoms with Crippen molar-refractivity contribution < 1.29 is 17.9 Å². The van der Waals surface area contributed by atoms with Crippen molar-refractivity contribution in [1.29, 1.82) is 0 Å². The second-order valence-electron chi connectivity index (χ2n) is 8.22. The Morgan fingerprint density at radius 2 is 1.88 bits per heavy atom. The van der Waals surface area contributed by atoms with E-state index < -0.39 is 27.9 Å². The second-order valence-corrected chi connectivity index (χ2v) is 9.85. The first kappa shape index (κ1) is 24.0. The minimum Gasteiger partial charge on any atom is -0.444 e. The number of fused-ring (bicyclic) bond motifs is 1. The van der Waals surface area contributed by atoms with Gasteiger partial charge in [-0.25, -0.2) is 9.00 Å². The number of hydrogen-bond donors (Lipinski definition) is 3. The lowest BCUT2D eigenvalue weighted by atomic mass is 10.1. The number of nitrogens with one attached hydrogen (secondary N) is 2. The minimum absolute atomic E-state index is 0.133. The second kappa shape index (κ2) is 10.8. The lowest BCUT2D eigenvalue weighted by molar-refractivity contribution is 0.0528. The third kappa shape index (κ3) is 6.94. The molecule has 0 radical (unpaired) electrons. The zero-order chi connectivity index (χ0) is 23.1. The molecule has 2 unspecified atom stereocenters. The van der Waals surface area contributed by atoms with E-state index in [2.05, 4.69) is 27.9 Å². The molecular weight excluding hydrogens is 446 g/mol. The fourth-order valence-corrected chi connectivity index (χ4v) is 4.33. The highest BCUT2D eigenvalue weighted by Crippen LogP contribution is 2.24. The van der Waals surface area contributed by atoms with Gasteiger partial charge in [0, 0.05) is 30.0 Å². The Balaban J connectivity index is 1.79. The maximum absolute atomic E-state index is 13.3. The third-order valence-electron chi connectivity index (χ3n) is 4.53. The van der Waals surface area contributed by atoms with E-state index in [9.17, 15) is 9.00 Å². The summed E-state index contributed by atoms with van der Waals surface area (Å²) in [6.45, 7) is 5.87. The molecule has 32 heavy (non-hydrogen) atoms. The number of pyridine rings is 1. The molecule has 170 valence electrons. The number of anilines is 1. The minimum atomic E-state index is -1.53. The molecule has 0 aliphatic rings. The number of aromatic nitrogens is 1. The van der Waals surface area contributed by atoms with E-state index in [1.165, 1.54) is 0 Å². The summed E-state index contributed by atoms with van der Waals surface area (Å²) in [6, 6.07) is 15.1. The quantitative estimate of drug-likeness (QED) is 0.319. The molecule has 0 bridgehead atoms. The molecule has 0 saturated heterocycles. The molecule has 0 fully saturated rings. The van der Waals surface area contributed by atoms with Crippen LogP contribution in [0, 0.1) is 0 Å². The van der Waals surface area contributed by atoms with Gasteiger partial charge in [0.2, 0.25) is 0 Å². The highest BCUT2D eigenvalue weighted by molar-refractivity contribution is 7.86. The van der Waals surface area contributed by atoms with Gasteiger partial charge in [0.25, 0.3) is 0 Å². The lowest BCUT2D eigenvalue weighted by Gasteiger charge is -2.22. The highest BCUT2D eigenvalue weighted by Gasteiger charge is 2.23. The van der Waals surface area contributed by atoms with Gasteiger partial charge in [-0.2, -0.15) is 0 Å². The first-order chi connectivity index (χ1) is 15.2. The van der Waals surface area contributed by atoms with Gasteiger partial charge in [-0.15, -0.1) is 0 Å². The molecule has 0 aliphatic heterocycles. The molecule has 7 nitrogen and oxygen atoms in total. The van der Waals surface area contributed by atoms with Crippen LogP contribution in [-0.2, 0) is 26.5 Å². The Kier molecular flexibility index (Phi) is 8.11. The van der Waals surface area contributed by atoms with Crippen molar-refractivity contribution in [3.8, 4) is 0 Å². The zero-order valence-electron chi connectivity index (χ0n) is 18.2. The Morgan fingerprint density at radius 1 is 1.12 bits per heavy atom. The zero-order valence-corrected chi connectivity index (χ0v) is 19.9. The normalized spacial score (nSPS) is 13.4. The van der Waals surface area contributed by atoms with Gasteiger partial charge in [-0.3, -0.25) is 4.98 Å². The van der Waals surface area contributed by atoms with E-state index in [4.69, 9.17) is 8.92 Å². The molecule has 9 heteroatoms. The van der Waals surface area contributed by atoms with Gasteiger partial charge in [-0.05, 0) is 68.4 Å². The van der Waals surface area contributed by atoms with Crippen LogP contribution in [0.4, 0.5) is 10.5 Å².